The van der Waals surface area contributed by atoms with Crippen LogP contribution in [-0.2, 0) is 14.4 Å². The van der Waals surface area contributed by atoms with Crippen LogP contribution >= 0.6 is 0 Å². The molecule has 4 nitrogen and oxygen atoms in total. The Morgan fingerprint density at radius 1 is 1.28 bits per heavy atom. The molecule has 2 rings (SSSR count). The van der Waals surface area contributed by atoms with Gasteiger partial charge in [-0.2, -0.15) is 4.31 Å². The van der Waals surface area contributed by atoms with Crippen molar-refractivity contribution in [3.63, 3.8) is 0 Å². The van der Waals surface area contributed by atoms with E-state index in [1.165, 1.54) is 4.31 Å². The summed E-state index contributed by atoms with van der Waals surface area (Å²) in [6.45, 7) is 14.8. The lowest BCUT2D eigenvalue weighted by Crippen LogP contribution is -2.42. The lowest BCUT2D eigenvalue weighted by atomic mass is 10.1. The minimum atomic E-state index is -3.63. The average Bonchev–Trinajstić information content (AvgIpc) is 3.11. The summed E-state index contributed by atoms with van der Waals surface area (Å²) in [6.07, 6.45) is 5.67. The summed E-state index contributed by atoms with van der Waals surface area (Å²) in [7, 11) is -5.60. The second-order valence-corrected chi connectivity index (χ2v) is 15.1. The molecule has 0 bridgehead atoms. The van der Waals surface area contributed by atoms with Crippen molar-refractivity contribution in [2.45, 2.75) is 69.2 Å². The molecule has 1 aromatic carbocycles. The molecular weight excluding hydrogens is 350 g/mol. The van der Waals surface area contributed by atoms with Gasteiger partial charge in [0.05, 0.1) is 17.5 Å². The van der Waals surface area contributed by atoms with E-state index in [1.54, 1.807) is 31.2 Å². The summed E-state index contributed by atoms with van der Waals surface area (Å²) in [4.78, 5) is 0.273. The van der Waals surface area contributed by atoms with Gasteiger partial charge in [0.1, 0.15) is 5.54 Å². The van der Waals surface area contributed by atoms with Crippen LogP contribution in [0.25, 0.3) is 0 Å². The van der Waals surface area contributed by atoms with Gasteiger partial charge in [-0.05, 0) is 44.1 Å². The van der Waals surface area contributed by atoms with Crippen molar-refractivity contribution in [3.8, 4) is 12.3 Å². The summed E-state index contributed by atoms with van der Waals surface area (Å²) in [5.74, 6) is 2.66. The second kappa shape index (κ2) is 6.24. The standard InChI is InChI=1S/C19H29NO3SSi/c1-9-19(6)17(14-23-25(7,8)18(3,4)5)20(19)24(21,22)16-12-10-15(2)11-13-16/h1,10-13,17H,14H2,2-8H3/t17-,19+,20?/m1/s1. The van der Waals surface area contributed by atoms with E-state index in [0.717, 1.165) is 5.56 Å². The van der Waals surface area contributed by atoms with Gasteiger partial charge in [0.15, 0.2) is 8.32 Å². The fraction of sp³-hybridized carbons (Fsp3) is 0.579. The van der Waals surface area contributed by atoms with E-state index in [4.69, 9.17) is 10.8 Å². The van der Waals surface area contributed by atoms with Crippen molar-refractivity contribution in [3.05, 3.63) is 29.8 Å². The average molecular weight is 380 g/mol. The fourth-order valence-corrected chi connectivity index (χ4v) is 5.50. The SMILES string of the molecule is C#C[C@@]1(C)[C@@H](CO[Si](C)(C)C(C)(C)C)N1S(=O)(=O)c1ccc(C)cc1. The molecule has 138 valence electrons. The highest BCUT2D eigenvalue weighted by atomic mass is 32.2. The van der Waals surface area contributed by atoms with Gasteiger partial charge in [0, 0.05) is 0 Å². The Balaban J connectivity index is 2.24. The van der Waals surface area contributed by atoms with Crippen LogP contribution in [0, 0.1) is 19.3 Å². The zero-order valence-corrected chi connectivity index (χ0v) is 18.1. The van der Waals surface area contributed by atoms with E-state index in [0.29, 0.717) is 6.61 Å². The third kappa shape index (κ3) is 3.56. The molecule has 1 aliphatic rings. The molecule has 1 unspecified atom stereocenters. The molecule has 3 atom stereocenters. The maximum atomic E-state index is 13.0. The zero-order valence-electron chi connectivity index (χ0n) is 16.3. The molecule has 1 heterocycles. The number of hydrogen-bond donors (Lipinski definition) is 0. The molecular formula is C19H29NO3SSi. The maximum Gasteiger partial charge on any atom is 0.244 e. The summed E-state index contributed by atoms with van der Waals surface area (Å²) >= 11 is 0. The molecule has 0 N–H and O–H groups in total. The smallest absolute Gasteiger partial charge is 0.244 e. The van der Waals surface area contributed by atoms with Crippen LogP contribution in [0.2, 0.25) is 18.1 Å². The number of rotatable bonds is 5. The van der Waals surface area contributed by atoms with Gasteiger partial charge in [-0.25, -0.2) is 8.42 Å². The van der Waals surface area contributed by atoms with Crippen molar-refractivity contribution in [2.75, 3.05) is 6.61 Å². The lowest BCUT2D eigenvalue weighted by molar-refractivity contribution is 0.280. The molecule has 1 aromatic rings. The van der Waals surface area contributed by atoms with E-state index in [-0.39, 0.29) is 16.0 Å². The Morgan fingerprint density at radius 2 is 1.80 bits per heavy atom. The zero-order chi connectivity index (χ0) is 19.3. The minimum absolute atomic E-state index is 0.0646. The molecule has 0 amide bonds. The van der Waals surface area contributed by atoms with Gasteiger partial charge in [0.25, 0.3) is 0 Å². The van der Waals surface area contributed by atoms with Gasteiger partial charge in [0.2, 0.25) is 10.0 Å². The Hall–Kier alpha value is -1.13. The van der Waals surface area contributed by atoms with E-state index < -0.39 is 23.9 Å². The topological polar surface area (TPSA) is 46.4 Å². The van der Waals surface area contributed by atoms with Crippen molar-refractivity contribution in [2.24, 2.45) is 0 Å². The first-order valence-electron chi connectivity index (χ1n) is 8.50. The summed E-state index contributed by atoms with van der Waals surface area (Å²) in [5, 5.41) is 0.0646. The van der Waals surface area contributed by atoms with Crippen molar-refractivity contribution in [1.29, 1.82) is 0 Å². The highest BCUT2D eigenvalue weighted by Gasteiger charge is 2.65. The van der Waals surface area contributed by atoms with Crippen LogP contribution in [-0.4, -0.2) is 39.2 Å². The predicted octanol–water partition coefficient (Wildman–Crippen LogP) is 3.78. The van der Waals surface area contributed by atoms with Gasteiger partial charge < -0.3 is 4.43 Å². The molecule has 0 aromatic heterocycles. The normalized spacial score (nSPS) is 27.0. The van der Waals surface area contributed by atoms with E-state index in [9.17, 15) is 8.42 Å². The molecule has 6 heteroatoms. The van der Waals surface area contributed by atoms with E-state index in [2.05, 4.69) is 39.8 Å². The Labute approximate surface area is 153 Å². The van der Waals surface area contributed by atoms with Crippen molar-refractivity contribution >= 4 is 18.3 Å². The number of sulfonamides is 1. The second-order valence-electron chi connectivity index (χ2n) is 8.49. The number of terminal acetylenes is 1. The van der Waals surface area contributed by atoms with E-state index >= 15 is 0 Å². The molecule has 0 spiro atoms. The number of aryl methyl sites for hydroxylation is 1. The van der Waals surface area contributed by atoms with Crippen molar-refractivity contribution < 1.29 is 12.8 Å². The van der Waals surface area contributed by atoms with Crippen molar-refractivity contribution in [1.82, 2.24) is 4.31 Å². The largest absolute Gasteiger partial charge is 0.415 e. The number of hydrogen-bond acceptors (Lipinski definition) is 3. The molecule has 1 aliphatic heterocycles. The maximum absolute atomic E-state index is 13.0. The van der Waals surface area contributed by atoms with Crippen LogP contribution in [0.4, 0.5) is 0 Å². The van der Waals surface area contributed by atoms with Crippen LogP contribution in [0.5, 0.6) is 0 Å². The quantitative estimate of drug-likeness (QED) is 0.444. The molecule has 1 fully saturated rings. The monoisotopic (exact) mass is 379 g/mol. The third-order valence-corrected chi connectivity index (χ3v) is 12.1. The Morgan fingerprint density at radius 3 is 2.24 bits per heavy atom. The van der Waals surface area contributed by atoms with Gasteiger partial charge in [-0.1, -0.05) is 44.4 Å². The molecule has 1 saturated heterocycles. The Bertz CT molecular complexity index is 787. The van der Waals surface area contributed by atoms with Gasteiger partial charge >= 0.3 is 0 Å². The summed E-state index contributed by atoms with van der Waals surface area (Å²) in [6, 6.07) is 6.53. The molecule has 0 saturated carbocycles. The number of nitrogens with zero attached hydrogens (tertiary/aromatic N) is 1. The van der Waals surface area contributed by atoms with Crippen LogP contribution in [0.3, 0.4) is 0 Å². The molecule has 25 heavy (non-hydrogen) atoms. The third-order valence-electron chi connectivity index (χ3n) is 5.60. The molecule has 0 aliphatic carbocycles. The summed E-state index contributed by atoms with van der Waals surface area (Å²) in [5.41, 5.74) is 0.189. The van der Waals surface area contributed by atoms with Crippen LogP contribution in [0.1, 0.15) is 33.3 Å². The Kier molecular flexibility index (Phi) is 5.04. The van der Waals surface area contributed by atoms with Crippen LogP contribution < -0.4 is 0 Å². The van der Waals surface area contributed by atoms with Crippen LogP contribution in [0.15, 0.2) is 29.2 Å². The lowest BCUT2D eigenvalue weighted by Gasteiger charge is -2.36. The summed E-state index contributed by atoms with van der Waals surface area (Å²) < 4.78 is 33.6. The van der Waals surface area contributed by atoms with Gasteiger partial charge in [-0.15, -0.1) is 6.42 Å². The predicted molar refractivity (Wildman–Crippen MR) is 104 cm³/mol. The number of benzene rings is 1. The fourth-order valence-electron chi connectivity index (χ4n) is 2.56. The van der Waals surface area contributed by atoms with Gasteiger partial charge in [-0.3, -0.25) is 0 Å². The first-order valence-corrected chi connectivity index (χ1v) is 12.8. The van der Waals surface area contributed by atoms with E-state index in [1.807, 2.05) is 6.92 Å². The highest BCUT2D eigenvalue weighted by Crippen LogP contribution is 2.47. The first-order chi connectivity index (χ1) is 11.3. The highest BCUT2D eigenvalue weighted by molar-refractivity contribution is 7.89. The first kappa shape index (κ1) is 20.2. The molecule has 0 radical (unpaired) electrons. The minimum Gasteiger partial charge on any atom is -0.415 e.